The fraction of sp³-hybridized carbons (Fsp3) is 0.250. The highest BCUT2D eigenvalue weighted by molar-refractivity contribution is 7.90. The van der Waals surface area contributed by atoms with Gasteiger partial charge in [0.1, 0.15) is 0 Å². The fourth-order valence-corrected chi connectivity index (χ4v) is 1.09. The van der Waals surface area contributed by atoms with E-state index in [4.69, 9.17) is 5.11 Å². The van der Waals surface area contributed by atoms with Crippen LogP contribution in [0.5, 0.6) is 0 Å². The number of nitrogens with two attached hydrogens (primary N) is 1. The Balaban J connectivity index is 4.13. The molecule has 4 N–H and O–H groups in total. The Bertz CT molecular complexity index is 255. The topological polar surface area (TPSA) is 109 Å². The second-order valence-corrected chi connectivity index (χ2v) is 3.40. The number of aliphatic hydroxyl groups is 1. The van der Waals surface area contributed by atoms with Crippen LogP contribution in [0.2, 0.25) is 0 Å². The molecule has 0 fully saturated rings. The average Bonchev–Trinajstić information content (AvgIpc) is 1.81. The van der Waals surface area contributed by atoms with Crippen molar-refractivity contribution in [1.82, 2.24) is 4.72 Å². The molecule has 0 bridgehead atoms. The number of aliphatic hydroxyl groups excluding tert-OH is 1. The van der Waals surface area contributed by atoms with Crippen LogP contribution in [0.25, 0.3) is 0 Å². The highest BCUT2D eigenvalue weighted by atomic mass is 32.2. The van der Waals surface area contributed by atoms with E-state index in [1.165, 1.54) is 4.72 Å². The van der Waals surface area contributed by atoms with Crippen LogP contribution in [0.15, 0.2) is 12.3 Å². The Hall–Kier alpha value is -1.24. The average molecular weight is 180 g/mol. The number of primary amides is 1. The summed E-state index contributed by atoms with van der Waals surface area (Å²) in [6.07, 6.45) is 1.53. The van der Waals surface area contributed by atoms with Gasteiger partial charge in [0.15, 0.2) is 0 Å². The summed E-state index contributed by atoms with van der Waals surface area (Å²) in [4.78, 5) is 10.0. The van der Waals surface area contributed by atoms with Gasteiger partial charge in [-0.3, -0.25) is 0 Å². The number of carbonyl (C=O) groups is 1. The van der Waals surface area contributed by atoms with Crippen molar-refractivity contribution < 1.29 is 18.3 Å². The van der Waals surface area contributed by atoms with E-state index in [1.807, 2.05) is 0 Å². The maximum atomic E-state index is 10.6. The minimum Gasteiger partial charge on any atom is -0.516 e. The van der Waals surface area contributed by atoms with E-state index < -0.39 is 21.8 Å². The molecule has 0 saturated heterocycles. The first kappa shape index (κ1) is 9.76. The van der Waals surface area contributed by atoms with Crippen LogP contribution in [-0.4, -0.2) is 25.3 Å². The van der Waals surface area contributed by atoms with Crippen molar-refractivity contribution in [3.05, 3.63) is 12.3 Å². The first-order valence-electron chi connectivity index (χ1n) is 2.57. The number of carbonyl (C=O) groups excluding carboxylic acids is 1. The van der Waals surface area contributed by atoms with E-state index in [1.54, 1.807) is 0 Å². The molecule has 0 spiro atoms. The molecule has 0 atom stereocenters. The fourth-order valence-electron chi connectivity index (χ4n) is 0.365. The number of hydrogen-bond donors (Lipinski definition) is 3. The lowest BCUT2D eigenvalue weighted by molar-refractivity contribution is 0.253. The zero-order chi connectivity index (χ0) is 8.91. The van der Waals surface area contributed by atoms with Crippen molar-refractivity contribution in [3.63, 3.8) is 0 Å². The predicted octanol–water partition coefficient (Wildman–Crippen LogP) is -0.944. The molecule has 0 unspecified atom stereocenters. The Morgan fingerprint density at radius 2 is 2.18 bits per heavy atom. The minimum absolute atomic E-state index is 0.480. The summed E-state index contributed by atoms with van der Waals surface area (Å²) in [5.74, 6) is -0.480. The number of urea groups is 1. The third kappa shape index (κ3) is 5.22. The van der Waals surface area contributed by atoms with Crippen molar-refractivity contribution in [3.8, 4) is 0 Å². The summed E-state index contributed by atoms with van der Waals surface area (Å²) in [6.45, 7) is 0. The van der Waals surface area contributed by atoms with Gasteiger partial charge in [0.2, 0.25) is 10.0 Å². The van der Waals surface area contributed by atoms with Gasteiger partial charge < -0.3 is 10.8 Å². The molecule has 0 aromatic heterocycles. The molecule has 0 aromatic rings. The normalized spacial score (nSPS) is 11.6. The zero-order valence-corrected chi connectivity index (χ0v) is 6.34. The molecule has 0 rings (SSSR count). The minimum atomic E-state index is -3.71. The van der Waals surface area contributed by atoms with Gasteiger partial charge in [-0.1, -0.05) is 0 Å². The quantitative estimate of drug-likeness (QED) is 0.486. The summed E-state index contributed by atoms with van der Waals surface area (Å²) in [6, 6.07) is -1.14. The standard InChI is InChI=1S/C4H8N2O4S/c5-4(8)6-11(9,10)3-1-2-7/h1-2,7H,3H2,(H3,5,6,8). The highest BCUT2D eigenvalue weighted by Gasteiger charge is 2.08. The molecule has 0 saturated carbocycles. The van der Waals surface area contributed by atoms with Crippen LogP contribution < -0.4 is 10.5 Å². The molecule has 0 heterocycles. The highest BCUT2D eigenvalue weighted by Crippen LogP contribution is 1.83. The summed E-state index contributed by atoms with van der Waals surface area (Å²) >= 11 is 0. The first-order chi connectivity index (χ1) is 4.98. The molecule has 2 amide bonds. The maximum Gasteiger partial charge on any atom is 0.325 e. The van der Waals surface area contributed by atoms with Crippen LogP contribution in [-0.2, 0) is 10.0 Å². The van der Waals surface area contributed by atoms with Gasteiger partial charge in [-0.15, -0.1) is 0 Å². The Kier molecular flexibility index (Phi) is 3.38. The van der Waals surface area contributed by atoms with Gasteiger partial charge in [-0.05, 0) is 6.08 Å². The molecule has 6 nitrogen and oxygen atoms in total. The second kappa shape index (κ2) is 3.81. The van der Waals surface area contributed by atoms with Crippen LogP contribution >= 0.6 is 0 Å². The van der Waals surface area contributed by atoms with Crippen LogP contribution in [0.1, 0.15) is 0 Å². The Labute approximate surface area is 63.8 Å². The molecule has 0 aromatic carbocycles. The van der Waals surface area contributed by atoms with Gasteiger partial charge >= 0.3 is 6.03 Å². The third-order valence-electron chi connectivity index (χ3n) is 0.677. The van der Waals surface area contributed by atoms with Crippen LogP contribution in [0, 0.1) is 0 Å². The van der Waals surface area contributed by atoms with Gasteiger partial charge in [0.05, 0.1) is 12.0 Å². The lowest BCUT2D eigenvalue weighted by atomic mass is 10.7. The summed E-state index contributed by atoms with van der Waals surface area (Å²) in [5, 5.41) is 8.07. The van der Waals surface area contributed by atoms with Crippen molar-refractivity contribution in [2.24, 2.45) is 5.73 Å². The summed E-state index contributed by atoms with van der Waals surface area (Å²) in [7, 11) is -3.71. The van der Waals surface area contributed by atoms with E-state index in [0.717, 1.165) is 6.08 Å². The lowest BCUT2D eigenvalue weighted by Crippen LogP contribution is -2.36. The molecular weight excluding hydrogens is 172 g/mol. The summed E-state index contributed by atoms with van der Waals surface area (Å²) < 4.78 is 22.8. The van der Waals surface area contributed by atoms with E-state index >= 15 is 0 Å². The van der Waals surface area contributed by atoms with Crippen LogP contribution in [0.3, 0.4) is 0 Å². The van der Waals surface area contributed by atoms with Crippen molar-refractivity contribution in [2.45, 2.75) is 0 Å². The number of hydrogen-bond acceptors (Lipinski definition) is 4. The zero-order valence-electron chi connectivity index (χ0n) is 5.52. The Morgan fingerprint density at radius 3 is 2.55 bits per heavy atom. The summed E-state index contributed by atoms with van der Waals surface area (Å²) in [5.41, 5.74) is 4.53. The molecule has 0 aliphatic heterocycles. The SMILES string of the molecule is NC(=O)NS(=O)(=O)CC=CO. The van der Waals surface area contributed by atoms with E-state index in [-0.39, 0.29) is 0 Å². The van der Waals surface area contributed by atoms with E-state index in [2.05, 4.69) is 5.73 Å². The number of rotatable bonds is 3. The van der Waals surface area contributed by atoms with Gasteiger partial charge in [-0.25, -0.2) is 17.9 Å². The van der Waals surface area contributed by atoms with Crippen molar-refractivity contribution in [1.29, 1.82) is 0 Å². The number of nitrogens with one attached hydrogen (secondary N) is 1. The number of amides is 2. The molecular formula is C4H8N2O4S. The third-order valence-corrected chi connectivity index (χ3v) is 1.82. The molecule has 0 aliphatic carbocycles. The van der Waals surface area contributed by atoms with E-state index in [0.29, 0.717) is 6.26 Å². The van der Waals surface area contributed by atoms with Gasteiger partial charge in [-0.2, -0.15) is 0 Å². The second-order valence-electron chi connectivity index (χ2n) is 1.63. The van der Waals surface area contributed by atoms with Crippen LogP contribution in [0.4, 0.5) is 4.79 Å². The molecule has 0 radical (unpaired) electrons. The molecule has 64 valence electrons. The largest absolute Gasteiger partial charge is 0.516 e. The van der Waals surface area contributed by atoms with Crippen molar-refractivity contribution >= 4 is 16.1 Å². The van der Waals surface area contributed by atoms with E-state index in [9.17, 15) is 13.2 Å². The van der Waals surface area contributed by atoms with Gasteiger partial charge in [0.25, 0.3) is 0 Å². The predicted molar refractivity (Wildman–Crippen MR) is 38.3 cm³/mol. The Morgan fingerprint density at radius 1 is 1.64 bits per heavy atom. The molecule has 0 aliphatic rings. The molecule has 11 heavy (non-hydrogen) atoms. The van der Waals surface area contributed by atoms with Crippen molar-refractivity contribution in [2.75, 3.05) is 5.75 Å². The smallest absolute Gasteiger partial charge is 0.325 e. The lowest BCUT2D eigenvalue weighted by Gasteiger charge is -1.98. The van der Waals surface area contributed by atoms with Gasteiger partial charge in [0, 0.05) is 0 Å². The first-order valence-corrected chi connectivity index (χ1v) is 4.22. The number of sulfonamides is 1. The maximum absolute atomic E-state index is 10.6. The monoisotopic (exact) mass is 180 g/mol. The molecule has 7 heteroatoms.